The number of aryl methyl sites for hydroxylation is 1. The van der Waals surface area contributed by atoms with Crippen molar-refractivity contribution in [1.29, 1.82) is 0 Å². The van der Waals surface area contributed by atoms with Gasteiger partial charge in [0.1, 0.15) is 24.0 Å². The number of benzene rings is 2. The Morgan fingerprint density at radius 1 is 0.956 bits per heavy atom. The van der Waals surface area contributed by atoms with Crippen LogP contribution in [0.25, 0.3) is 0 Å². The first-order valence-electron chi connectivity index (χ1n) is 16.8. The Balaban J connectivity index is 1.13. The van der Waals surface area contributed by atoms with Crippen LogP contribution < -0.4 is 10.1 Å². The molecule has 1 aromatic heterocycles. The second-order valence-corrected chi connectivity index (χ2v) is 13.7. The summed E-state index contributed by atoms with van der Waals surface area (Å²) in [4.78, 5) is 16.1. The first-order chi connectivity index (χ1) is 21.7. The summed E-state index contributed by atoms with van der Waals surface area (Å²) in [5.41, 5.74) is 2.11. The fourth-order valence-corrected chi connectivity index (χ4v) is 7.78. The summed E-state index contributed by atoms with van der Waals surface area (Å²) < 4.78 is 36.0. The molecule has 1 unspecified atom stereocenters. The molecule has 3 heterocycles. The Hall–Kier alpha value is -3.33. The van der Waals surface area contributed by atoms with Crippen LogP contribution in [0.2, 0.25) is 0 Å². The van der Waals surface area contributed by atoms with Crippen molar-refractivity contribution in [2.75, 3.05) is 6.54 Å². The summed E-state index contributed by atoms with van der Waals surface area (Å²) in [5, 5.41) is 12.2. The molecule has 242 valence electrons. The predicted octanol–water partition coefficient (Wildman–Crippen LogP) is 7.53. The topological polar surface area (TPSA) is 72.3 Å². The number of hydrogen-bond acceptors (Lipinski definition) is 5. The molecule has 2 aromatic carbocycles. The van der Waals surface area contributed by atoms with Crippen molar-refractivity contribution in [3.63, 3.8) is 0 Å². The van der Waals surface area contributed by atoms with Crippen molar-refractivity contribution < 1.29 is 18.3 Å². The molecule has 45 heavy (non-hydrogen) atoms. The zero-order chi connectivity index (χ0) is 31.6. The van der Waals surface area contributed by atoms with Gasteiger partial charge in [-0.15, -0.1) is 10.2 Å². The molecule has 6 rings (SSSR count). The van der Waals surface area contributed by atoms with E-state index in [-0.39, 0.29) is 43.6 Å². The van der Waals surface area contributed by atoms with Crippen LogP contribution in [-0.2, 0) is 11.4 Å². The highest BCUT2D eigenvalue weighted by molar-refractivity contribution is 5.79. The van der Waals surface area contributed by atoms with E-state index in [9.17, 15) is 13.6 Å². The zero-order valence-corrected chi connectivity index (χ0v) is 26.8. The van der Waals surface area contributed by atoms with Gasteiger partial charge in [-0.2, -0.15) is 0 Å². The maximum absolute atomic E-state index is 13.8. The van der Waals surface area contributed by atoms with Crippen LogP contribution in [0.1, 0.15) is 112 Å². The second-order valence-electron chi connectivity index (χ2n) is 13.7. The molecule has 1 saturated carbocycles. The molecule has 0 radical (unpaired) electrons. The number of hydrogen-bond donors (Lipinski definition) is 1. The molecule has 2 aliphatic heterocycles. The minimum absolute atomic E-state index is 0.106. The number of carbonyl (C=O) groups excluding carboxylic acids is 1. The fraction of sp³-hybridized carbons (Fsp3) is 0.583. The smallest absolute Gasteiger partial charge is 0.248 e. The molecule has 1 aliphatic carbocycles. The summed E-state index contributed by atoms with van der Waals surface area (Å²) in [6.07, 6.45) is 5.32. The van der Waals surface area contributed by atoms with Gasteiger partial charge in [-0.3, -0.25) is 9.69 Å². The van der Waals surface area contributed by atoms with Crippen molar-refractivity contribution >= 4 is 5.91 Å². The molecule has 1 amide bonds. The maximum atomic E-state index is 13.8. The first-order valence-corrected chi connectivity index (χ1v) is 16.8. The van der Waals surface area contributed by atoms with Crippen LogP contribution in [0.4, 0.5) is 8.78 Å². The number of ether oxygens (including phenoxy) is 1. The Morgan fingerprint density at radius 3 is 2.27 bits per heavy atom. The number of nitrogens with zero attached hydrogens (tertiary/aromatic N) is 4. The SMILES string of the molecule is Cc1nnc(C(C)C)n1C1C[C@H]2CC[C@@H](C1)N2CC[C@H](NC(=O)C1CCC(F)(F)CC1)c1ccc(OCc2ccccc2)cc1. The summed E-state index contributed by atoms with van der Waals surface area (Å²) in [7, 11) is 0. The van der Waals surface area contributed by atoms with Crippen LogP contribution in [0, 0.1) is 12.8 Å². The van der Waals surface area contributed by atoms with Gasteiger partial charge in [0.15, 0.2) is 0 Å². The Labute approximate surface area is 265 Å². The molecule has 3 aliphatic rings. The van der Waals surface area contributed by atoms with E-state index in [1.54, 1.807) is 0 Å². The average Bonchev–Trinajstić information content (AvgIpc) is 3.53. The lowest BCUT2D eigenvalue weighted by atomic mass is 9.86. The molecule has 2 saturated heterocycles. The van der Waals surface area contributed by atoms with Crippen molar-refractivity contribution in [1.82, 2.24) is 25.0 Å². The number of fused-ring (bicyclic) bond motifs is 2. The van der Waals surface area contributed by atoms with Crippen molar-refractivity contribution in [2.24, 2.45) is 5.92 Å². The molecular weight excluding hydrogens is 572 g/mol. The molecule has 1 N–H and O–H groups in total. The number of halogens is 2. The third-order valence-electron chi connectivity index (χ3n) is 10.2. The molecule has 2 bridgehead atoms. The summed E-state index contributed by atoms with van der Waals surface area (Å²) in [5.74, 6) is 0.0452. The number of aromatic nitrogens is 3. The highest BCUT2D eigenvalue weighted by Gasteiger charge is 2.42. The lowest BCUT2D eigenvalue weighted by Gasteiger charge is -2.40. The number of piperidine rings is 1. The highest BCUT2D eigenvalue weighted by Crippen LogP contribution is 2.43. The van der Waals surface area contributed by atoms with E-state index >= 15 is 0 Å². The molecule has 3 aromatic rings. The van der Waals surface area contributed by atoms with Crippen LogP contribution >= 0.6 is 0 Å². The zero-order valence-electron chi connectivity index (χ0n) is 26.8. The van der Waals surface area contributed by atoms with E-state index in [4.69, 9.17) is 4.74 Å². The monoisotopic (exact) mass is 619 g/mol. The van der Waals surface area contributed by atoms with E-state index in [0.29, 0.717) is 30.7 Å². The highest BCUT2D eigenvalue weighted by atomic mass is 19.3. The molecule has 7 nitrogen and oxygen atoms in total. The lowest BCUT2D eigenvalue weighted by molar-refractivity contribution is -0.130. The van der Waals surface area contributed by atoms with Gasteiger partial charge < -0.3 is 14.6 Å². The second kappa shape index (κ2) is 13.6. The van der Waals surface area contributed by atoms with Crippen molar-refractivity contribution in [3.8, 4) is 5.75 Å². The van der Waals surface area contributed by atoms with Crippen molar-refractivity contribution in [2.45, 2.75) is 121 Å². The number of carbonyl (C=O) groups is 1. The minimum atomic E-state index is -2.65. The summed E-state index contributed by atoms with van der Waals surface area (Å²) in [6.45, 7) is 7.78. The van der Waals surface area contributed by atoms with Gasteiger partial charge in [0.05, 0.1) is 6.04 Å². The van der Waals surface area contributed by atoms with E-state index in [2.05, 4.69) is 45.8 Å². The van der Waals surface area contributed by atoms with E-state index < -0.39 is 5.92 Å². The van der Waals surface area contributed by atoms with Gasteiger partial charge in [0.25, 0.3) is 0 Å². The summed E-state index contributed by atoms with van der Waals surface area (Å²) >= 11 is 0. The number of nitrogens with one attached hydrogen (secondary N) is 1. The minimum Gasteiger partial charge on any atom is -0.489 e. The molecular formula is C36H47F2N5O2. The lowest BCUT2D eigenvalue weighted by Crippen LogP contribution is -2.45. The van der Waals surface area contributed by atoms with E-state index in [1.807, 2.05) is 54.6 Å². The average molecular weight is 620 g/mol. The quantitative estimate of drug-likeness (QED) is 0.240. The molecule has 3 fully saturated rings. The van der Waals surface area contributed by atoms with E-state index in [1.165, 1.54) is 12.8 Å². The third-order valence-corrected chi connectivity index (χ3v) is 10.2. The number of amides is 1. The van der Waals surface area contributed by atoms with Gasteiger partial charge in [-0.05, 0) is 75.1 Å². The van der Waals surface area contributed by atoms with Gasteiger partial charge >= 0.3 is 0 Å². The fourth-order valence-electron chi connectivity index (χ4n) is 7.78. The summed E-state index contributed by atoms with van der Waals surface area (Å²) in [6, 6.07) is 19.2. The predicted molar refractivity (Wildman–Crippen MR) is 170 cm³/mol. The Morgan fingerprint density at radius 2 is 1.62 bits per heavy atom. The van der Waals surface area contributed by atoms with Crippen LogP contribution in [0.3, 0.4) is 0 Å². The number of alkyl halides is 2. The van der Waals surface area contributed by atoms with Crippen LogP contribution in [0.5, 0.6) is 5.75 Å². The van der Waals surface area contributed by atoms with Gasteiger partial charge in [-0.1, -0.05) is 56.3 Å². The standard InChI is InChI=1S/C36H47F2N5O2/c1-24(2)34-41-40-25(3)43(34)31-21-29-11-12-30(22-31)42(29)20-17-33(39-35(44)28-15-18-36(37,38)19-16-28)27-9-13-32(14-10-27)45-23-26-7-5-4-6-8-26/h4-10,13-14,24,28-31,33H,11-12,15-23H2,1-3H3,(H,39,44)/t29-,30+,31?,33-/m0/s1. The largest absolute Gasteiger partial charge is 0.489 e. The normalized spacial score (nSPS) is 24.1. The van der Waals surface area contributed by atoms with Gasteiger partial charge in [0, 0.05) is 49.3 Å². The maximum Gasteiger partial charge on any atom is 0.248 e. The van der Waals surface area contributed by atoms with Gasteiger partial charge in [0.2, 0.25) is 11.8 Å². The Kier molecular flexibility index (Phi) is 9.54. The molecule has 9 heteroatoms. The van der Waals surface area contributed by atoms with Crippen molar-refractivity contribution in [3.05, 3.63) is 77.4 Å². The van der Waals surface area contributed by atoms with Gasteiger partial charge in [-0.25, -0.2) is 8.78 Å². The molecule has 4 atom stereocenters. The number of rotatable bonds is 11. The van der Waals surface area contributed by atoms with Crippen LogP contribution in [-0.4, -0.2) is 50.1 Å². The van der Waals surface area contributed by atoms with Crippen LogP contribution in [0.15, 0.2) is 54.6 Å². The molecule has 0 spiro atoms. The van der Waals surface area contributed by atoms with E-state index in [0.717, 1.165) is 54.3 Å². The Bertz CT molecular complexity index is 1400. The third kappa shape index (κ3) is 7.40. The first kappa shape index (κ1) is 31.6.